The zero-order valence-corrected chi connectivity index (χ0v) is 53.2. The standard InChI is InChI=1S/C72H97N7O7/c1-10-12-18-38-78-63-24-17-15-22-60(63)72(8,9)67(78)34-30-56(29-33-66-71(6,7)59-21-14-16-23-62(59)77(66)37-13-11-2)55-27-25-54(26-28-55)52-74-35-19-39-82-41-43-84-45-47-86-48-46-85-44-42-83-40-20-36-75-61-49-57(31-32-58(61)69(73)81)79-64-50-70(4,5)51-65(80)68(64)53(3)76-79/h14-17,21-34,49,74H,10-13,18-20,35-48,50-52H2,1-9H3,(H2-,73,75,81)/p+1. The SMILES string of the molecule is CCCCC[N+]1=C(/C=C/C(=C/C=C2/N(CCCC)c3ccccc3C2(C)C)c2ccc(CNCCCOCCOCCOCCOCCOCCCNc3cc(-n4nc(C)c5c4CC(C)(C)CC5=O)ccc3C(N)=O)cc2)C(C)(C)c2ccccc21. The Bertz CT molecular complexity index is 3180. The molecule has 4 N–H and O–H groups in total. The van der Waals surface area contributed by atoms with Gasteiger partial charge in [-0.25, -0.2) is 4.68 Å². The summed E-state index contributed by atoms with van der Waals surface area (Å²) in [6, 6.07) is 32.4. The van der Waals surface area contributed by atoms with Crippen LogP contribution in [0.1, 0.15) is 161 Å². The Balaban J connectivity index is 0.702. The number of benzene rings is 4. The Labute approximate surface area is 513 Å². The van der Waals surface area contributed by atoms with Crippen molar-refractivity contribution in [2.75, 3.05) is 102 Å². The van der Waals surface area contributed by atoms with Gasteiger partial charge in [0, 0.05) is 85.9 Å². The number of hydrogen-bond donors (Lipinski definition) is 3. The number of carbonyl (C=O) groups is 2. The third-order valence-corrected chi connectivity index (χ3v) is 16.9. The van der Waals surface area contributed by atoms with E-state index in [9.17, 15) is 9.59 Å². The highest BCUT2D eigenvalue weighted by Crippen LogP contribution is 2.48. The number of ketones is 1. The smallest absolute Gasteiger partial charge is 0.250 e. The van der Waals surface area contributed by atoms with Gasteiger partial charge < -0.3 is 45.0 Å². The summed E-state index contributed by atoms with van der Waals surface area (Å²) in [4.78, 5) is 27.8. The second-order valence-corrected chi connectivity index (χ2v) is 25.0. The van der Waals surface area contributed by atoms with Crippen LogP contribution >= 0.6 is 0 Å². The fraction of sp³-hybridized carbons (Fsp3) is 0.500. The maximum Gasteiger partial charge on any atom is 0.250 e. The van der Waals surface area contributed by atoms with E-state index < -0.39 is 5.91 Å². The van der Waals surface area contributed by atoms with Gasteiger partial charge in [0.2, 0.25) is 5.69 Å². The Hall–Kier alpha value is -6.52. The minimum Gasteiger partial charge on any atom is -0.384 e. The second kappa shape index (κ2) is 31.4. The number of carbonyl (C=O) groups excluding carboxylic acids is 2. The molecule has 86 heavy (non-hydrogen) atoms. The van der Waals surface area contributed by atoms with Gasteiger partial charge in [-0.15, -0.1) is 0 Å². The van der Waals surface area contributed by atoms with Crippen molar-refractivity contribution >= 4 is 40.0 Å². The first-order valence-corrected chi connectivity index (χ1v) is 31.8. The summed E-state index contributed by atoms with van der Waals surface area (Å²) in [7, 11) is 0. The highest BCUT2D eigenvalue weighted by atomic mass is 16.6. The quantitative estimate of drug-likeness (QED) is 0.0199. The maximum atomic E-state index is 13.0. The van der Waals surface area contributed by atoms with E-state index in [0.717, 1.165) is 75.4 Å². The largest absolute Gasteiger partial charge is 0.384 e. The third-order valence-electron chi connectivity index (χ3n) is 16.9. The molecule has 1 amide bonds. The summed E-state index contributed by atoms with van der Waals surface area (Å²) in [5, 5.41) is 11.7. The Morgan fingerprint density at radius 2 is 1.34 bits per heavy atom. The number of nitrogens with one attached hydrogen (secondary N) is 2. The summed E-state index contributed by atoms with van der Waals surface area (Å²) in [6.07, 6.45) is 18.2. The molecule has 1 aliphatic carbocycles. The lowest BCUT2D eigenvalue weighted by molar-refractivity contribution is -0.438. The number of para-hydroxylation sites is 2. The number of rotatable bonds is 36. The fourth-order valence-corrected chi connectivity index (χ4v) is 12.3. The third kappa shape index (κ3) is 16.8. The molecule has 2 aliphatic heterocycles. The van der Waals surface area contributed by atoms with E-state index in [4.69, 9.17) is 34.5 Å². The molecular formula is C72H98N7O7+. The number of primary amides is 1. The molecule has 8 rings (SSSR count). The molecule has 3 heterocycles. The molecule has 14 nitrogen and oxygen atoms in total. The summed E-state index contributed by atoms with van der Waals surface area (Å²) in [5.74, 6) is -0.398. The highest BCUT2D eigenvalue weighted by Gasteiger charge is 2.44. The number of anilines is 2. The van der Waals surface area contributed by atoms with Crippen molar-refractivity contribution in [2.24, 2.45) is 11.1 Å². The lowest BCUT2D eigenvalue weighted by Gasteiger charge is -2.29. The van der Waals surface area contributed by atoms with Crippen LogP contribution in [-0.4, -0.2) is 124 Å². The van der Waals surface area contributed by atoms with Crippen molar-refractivity contribution in [3.63, 3.8) is 0 Å². The zero-order chi connectivity index (χ0) is 61.1. The van der Waals surface area contributed by atoms with Crippen molar-refractivity contribution in [1.82, 2.24) is 15.1 Å². The Morgan fingerprint density at radius 1 is 0.709 bits per heavy atom. The normalized spacial score (nSPS) is 16.4. The van der Waals surface area contributed by atoms with E-state index in [0.29, 0.717) is 102 Å². The lowest BCUT2D eigenvalue weighted by atomic mass is 9.75. The van der Waals surface area contributed by atoms with Crippen molar-refractivity contribution in [2.45, 2.75) is 137 Å². The molecule has 0 spiro atoms. The number of ether oxygens (including phenoxy) is 5. The summed E-state index contributed by atoms with van der Waals surface area (Å²) >= 11 is 0. The van der Waals surface area contributed by atoms with E-state index in [1.165, 1.54) is 63.5 Å². The summed E-state index contributed by atoms with van der Waals surface area (Å²) in [5.41, 5.74) is 21.2. The molecule has 5 aromatic rings. The highest BCUT2D eigenvalue weighted by molar-refractivity contribution is 6.04. The van der Waals surface area contributed by atoms with E-state index in [-0.39, 0.29) is 22.0 Å². The van der Waals surface area contributed by atoms with Crippen LogP contribution in [0.4, 0.5) is 17.1 Å². The van der Waals surface area contributed by atoms with Crippen LogP contribution in [-0.2, 0) is 47.5 Å². The van der Waals surface area contributed by atoms with Gasteiger partial charge in [-0.1, -0.05) is 121 Å². The topological polar surface area (TPSA) is 154 Å². The molecule has 0 radical (unpaired) electrons. The van der Waals surface area contributed by atoms with Gasteiger partial charge in [0.1, 0.15) is 6.54 Å². The summed E-state index contributed by atoms with van der Waals surface area (Å²) in [6.45, 7) is 29.5. The number of nitrogens with zero attached hydrogens (tertiary/aromatic N) is 4. The van der Waals surface area contributed by atoms with Gasteiger partial charge in [0.05, 0.1) is 86.5 Å². The van der Waals surface area contributed by atoms with Crippen LogP contribution in [0.5, 0.6) is 0 Å². The number of allylic oxidation sites excluding steroid dienone is 6. The predicted octanol–water partition coefficient (Wildman–Crippen LogP) is 13.2. The van der Waals surface area contributed by atoms with Gasteiger partial charge in [0.25, 0.3) is 5.91 Å². The lowest BCUT2D eigenvalue weighted by Crippen LogP contribution is -2.28. The Morgan fingerprint density at radius 3 is 2.00 bits per heavy atom. The van der Waals surface area contributed by atoms with Crippen molar-refractivity contribution in [1.29, 1.82) is 0 Å². The number of aromatic nitrogens is 2. The molecule has 0 saturated carbocycles. The number of hydrogen-bond acceptors (Lipinski definition) is 11. The predicted molar refractivity (Wildman–Crippen MR) is 349 cm³/mol. The van der Waals surface area contributed by atoms with Gasteiger partial charge in [-0.05, 0) is 124 Å². The van der Waals surface area contributed by atoms with Gasteiger partial charge >= 0.3 is 0 Å². The average molecular weight is 1170 g/mol. The summed E-state index contributed by atoms with van der Waals surface area (Å²) < 4.78 is 33.1. The fourth-order valence-electron chi connectivity index (χ4n) is 12.3. The van der Waals surface area contributed by atoms with Gasteiger partial charge in [-0.3, -0.25) is 9.59 Å². The molecule has 14 heteroatoms. The van der Waals surface area contributed by atoms with Crippen LogP contribution in [0.25, 0.3) is 11.3 Å². The number of fused-ring (bicyclic) bond motifs is 3. The molecule has 0 bridgehead atoms. The number of nitrogens with two attached hydrogens (primary N) is 1. The van der Waals surface area contributed by atoms with Crippen molar-refractivity contribution in [3.8, 4) is 5.69 Å². The number of amides is 1. The Kier molecular flexibility index (Phi) is 23.9. The molecular weight excluding hydrogens is 1070 g/mol. The second-order valence-electron chi connectivity index (χ2n) is 25.0. The molecule has 4 aromatic carbocycles. The molecule has 1 aromatic heterocycles. The van der Waals surface area contributed by atoms with E-state index >= 15 is 0 Å². The molecule has 0 unspecified atom stereocenters. The van der Waals surface area contributed by atoms with Gasteiger partial charge in [0.15, 0.2) is 11.5 Å². The van der Waals surface area contributed by atoms with Crippen molar-refractivity contribution < 1.29 is 37.8 Å². The van der Waals surface area contributed by atoms with Crippen LogP contribution in [0.2, 0.25) is 0 Å². The first kappa shape index (κ1) is 65.5. The molecule has 3 aliphatic rings. The van der Waals surface area contributed by atoms with E-state index in [1.54, 1.807) is 6.07 Å². The first-order valence-electron chi connectivity index (χ1n) is 31.8. The van der Waals surface area contributed by atoms with Gasteiger partial charge in [-0.2, -0.15) is 9.67 Å². The zero-order valence-electron chi connectivity index (χ0n) is 53.2. The van der Waals surface area contributed by atoms with Crippen molar-refractivity contribution in [3.05, 3.63) is 166 Å². The van der Waals surface area contributed by atoms with Crippen LogP contribution in [0.3, 0.4) is 0 Å². The molecule has 0 atom stereocenters. The number of aryl methyl sites for hydroxylation is 1. The molecule has 462 valence electrons. The molecule has 0 saturated heterocycles. The number of Topliss-reactive ketones (excluding diaryl/α,β-unsaturated/α-hetero) is 1. The molecule has 0 fully saturated rings. The maximum absolute atomic E-state index is 13.0. The minimum atomic E-state index is -0.519. The average Bonchev–Trinajstić information content (AvgIpc) is 1.67. The number of unbranched alkanes of at least 4 members (excludes halogenated alkanes) is 3. The van der Waals surface area contributed by atoms with E-state index in [2.05, 4.69) is 173 Å². The van der Waals surface area contributed by atoms with Crippen LogP contribution in [0.15, 0.2) is 121 Å². The van der Waals surface area contributed by atoms with E-state index in [1.807, 2.05) is 23.7 Å². The monoisotopic (exact) mass is 1170 g/mol. The first-order chi connectivity index (χ1) is 41.6. The minimum absolute atomic E-state index is 0.118. The van der Waals surface area contributed by atoms with Crippen LogP contribution < -0.4 is 21.3 Å². The van der Waals surface area contributed by atoms with Crippen LogP contribution in [0, 0.1) is 12.3 Å².